The minimum atomic E-state index is -4.28. The molecule has 2 N–H and O–H groups in total. The van der Waals surface area contributed by atoms with Crippen molar-refractivity contribution in [2.24, 2.45) is 0 Å². The predicted octanol–water partition coefficient (Wildman–Crippen LogP) is 7.10. The van der Waals surface area contributed by atoms with E-state index < -0.39 is 7.82 Å². The van der Waals surface area contributed by atoms with Crippen molar-refractivity contribution in [2.45, 2.75) is 106 Å². The Balaban J connectivity index is 3.38. The van der Waals surface area contributed by atoms with Crippen LogP contribution in [0.25, 0.3) is 0 Å². The molecular weight excluding hydrogens is 471 g/mol. The summed E-state index contributed by atoms with van der Waals surface area (Å²) in [6.45, 7) is 2.41. The molecule has 0 aliphatic rings. The minimum Gasteiger partial charge on any atom is -0.303 e. The first-order chi connectivity index (χ1) is 11.9. The van der Waals surface area contributed by atoms with Crippen LogP contribution in [-0.4, -0.2) is 26.0 Å². The van der Waals surface area contributed by atoms with Gasteiger partial charge in [-0.15, -0.1) is 0 Å². The maximum absolute atomic E-state index is 10.5. The summed E-state index contributed by atoms with van der Waals surface area (Å²) in [5.41, 5.74) is 0. The molecule has 2 unspecified atom stereocenters. The van der Waals surface area contributed by atoms with Crippen LogP contribution in [0.1, 0.15) is 96.8 Å². The summed E-state index contributed by atoms with van der Waals surface area (Å²) in [7, 11) is -4.28. The van der Waals surface area contributed by atoms with Crippen molar-refractivity contribution in [2.75, 3.05) is 6.61 Å². The van der Waals surface area contributed by atoms with E-state index in [1.54, 1.807) is 0 Å². The molecule has 0 aromatic rings. The van der Waals surface area contributed by atoms with Gasteiger partial charge in [-0.2, -0.15) is 0 Å². The van der Waals surface area contributed by atoms with Gasteiger partial charge in [-0.1, -0.05) is 109 Å². The highest BCUT2D eigenvalue weighted by atomic mass is 79.9. The van der Waals surface area contributed by atoms with Gasteiger partial charge in [0.2, 0.25) is 0 Å². The fraction of sp³-hybridized carbons (Fsp3) is 1.00. The first-order valence-corrected chi connectivity index (χ1v) is 13.2. The van der Waals surface area contributed by atoms with Gasteiger partial charge in [-0.05, 0) is 19.3 Å². The van der Waals surface area contributed by atoms with Crippen LogP contribution >= 0.6 is 39.7 Å². The number of unbranched alkanes of at least 4 members (excludes halogenated alkanes) is 10. The van der Waals surface area contributed by atoms with E-state index in [4.69, 9.17) is 9.79 Å². The Morgan fingerprint density at radius 3 is 1.60 bits per heavy atom. The van der Waals surface area contributed by atoms with Gasteiger partial charge in [0.15, 0.2) is 0 Å². The highest BCUT2D eigenvalue weighted by Crippen LogP contribution is 2.35. The third-order valence-electron chi connectivity index (χ3n) is 4.36. The third kappa shape index (κ3) is 19.6. The molecule has 0 fully saturated rings. The summed E-state index contributed by atoms with van der Waals surface area (Å²) in [4.78, 5) is 18.3. The number of phosphoric ester groups is 1. The van der Waals surface area contributed by atoms with Gasteiger partial charge in [0.05, 0.1) is 6.61 Å². The van der Waals surface area contributed by atoms with E-state index in [1.165, 1.54) is 70.6 Å². The zero-order valence-electron chi connectivity index (χ0n) is 15.7. The van der Waals surface area contributed by atoms with Crippen LogP contribution < -0.4 is 0 Å². The summed E-state index contributed by atoms with van der Waals surface area (Å²) >= 11 is 7.65. The fourth-order valence-corrected chi connectivity index (χ4v) is 4.36. The lowest BCUT2D eigenvalue weighted by molar-refractivity contribution is 0.193. The van der Waals surface area contributed by atoms with Crippen molar-refractivity contribution < 1.29 is 18.9 Å². The van der Waals surface area contributed by atoms with Crippen LogP contribution in [0, 0.1) is 0 Å². The average molecular weight is 508 g/mol. The first-order valence-electron chi connectivity index (χ1n) is 9.85. The van der Waals surface area contributed by atoms with Gasteiger partial charge in [-0.25, -0.2) is 4.57 Å². The second-order valence-electron chi connectivity index (χ2n) is 6.82. The van der Waals surface area contributed by atoms with Gasteiger partial charge >= 0.3 is 7.82 Å². The number of rotatable bonds is 18. The Morgan fingerprint density at radius 2 is 1.16 bits per heavy atom. The molecular formula is C18H37Br2O4P. The summed E-state index contributed by atoms with van der Waals surface area (Å²) in [6.07, 6.45) is 17.0. The Bertz CT molecular complexity index is 339. The van der Waals surface area contributed by atoms with Crippen LogP contribution in [0.3, 0.4) is 0 Å². The Labute approximate surface area is 171 Å². The summed E-state index contributed by atoms with van der Waals surface area (Å²) < 4.78 is 14.9. The molecule has 2 atom stereocenters. The fourth-order valence-electron chi connectivity index (χ4n) is 2.81. The lowest BCUT2D eigenvalue weighted by atomic mass is 10.0. The SMILES string of the molecule is CCCCCCCCC(Br)C(Br)CCCCCCCCOP(=O)(O)O. The van der Waals surface area contributed by atoms with E-state index in [0.717, 1.165) is 12.8 Å². The van der Waals surface area contributed by atoms with Crippen LogP contribution in [0.4, 0.5) is 0 Å². The molecule has 0 heterocycles. The lowest BCUT2D eigenvalue weighted by Crippen LogP contribution is -2.13. The van der Waals surface area contributed by atoms with E-state index in [-0.39, 0.29) is 6.61 Å². The molecule has 7 heteroatoms. The van der Waals surface area contributed by atoms with Crippen LogP contribution in [-0.2, 0) is 9.09 Å². The number of halogens is 2. The summed E-state index contributed by atoms with van der Waals surface area (Å²) in [5, 5.41) is 0. The van der Waals surface area contributed by atoms with E-state index in [0.29, 0.717) is 16.1 Å². The summed E-state index contributed by atoms with van der Waals surface area (Å²) in [6, 6.07) is 0. The zero-order chi connectivity index (χ0) is 19.0. The van der Waals surface area contributed by atoms with Gasteiger partial charge in [0, 0.05) is 9.65 Å². The molecule has 0 saturated heterocycles. The Hall–Kier alpha value is 1.07. The molecule has 0 rings (SSSR count). The monoisotopic (exact) mass is 506 g/mol. The quantitative estimate of drug-likeness (QED) is 0.118. The van der Waals surface area contributed by atoms with Crippen LogP contribution in [0.2, 0.25) is 0 Å². The number of hydrogen-bond donors (Lipinski definition) is 2. The molecule has 0 aromatic carbocycles. The summed E-state index contributed by atoms with van der Waals surface area (Å²) in [5.74, 6) is 0. The second-order valence-corrected chi connectivity index (χ2v) is 10.4. The van der Waals surface area contributed by atoms with Gasteiger partial charge < -0.3 is 9.79 Å². The van der Waals surface area contributed by atoms with Gasteiger partial charge in [0.25, 0.3) is 0 Å². The topological polar surface area (TPSA) is 66.8 Å². The van der Waals surface area contributed by atoms with Crippen molar-refractivity contribution >= 4 is 39.7 Å². The van der Waals surface area contributed by atoms with Crippen molar-refractivity contribution in [1.82, 2.24) is 0 Å². The van der Waals surface area contributed by atoms with Gasteiger partial charge in [0.1, 0.15) is 0 Å². The van der Waals surface area contributed by atoms with E-state index in [2.05, 4.69) is 43.3 Å². The van der Waals surface area contributed by atoms with Gasteiger partial charge in [-0.3, -0.25) is 4.52 Å². The van der Waals surface area contributed by atoms with Crippen molar-refractivity contribution in [3.63, 3.8) is 0 Å². The zero-order valence-corrected chi connectivity index (χ0v) is 19.7. The smallest absolute Gasteiger partial charge is 0.303 e. The molecule has 152 valence electrons. The minimum absolute atomic E-state index is 0.150. The highest BCUT2D eigenvalue weighted by molar-refractivity contribution is 9.12. The molecule has 0 aromatic heterocycles. The molecule has 0 aliphatic carbocycles. The third-order valence-corrected chi connectivity index (χ3v) is 7.78. The maximum atomic E-state index is 10.5. The lowest BCUT2D eigenvalue weighted by Gasteiger charge is -2.16. The van der Waals surface area contributed by atoms with Crippen molar-refractivity contribution in [1.29, 1.82) is 0 Å². The normalized spacial score (nSPS) is 14.6. The van der Waals surface area contributed by atoms with E-state index in [9.17, 15) is 4.57 Å². The molecule has 0 amide bonds. The van der Waals surface area contributed by atoms with Crippen LogP contribution in [0.5, 0.6) is 0 Å². The molecule has 0 radical (unpaired) electrons. The van der Waals surface area contributed by atoms with Crippen molar-refractivity contribution in [3.8, 4) is 0 Å². The van der Waals surface area contributed by atoms with Crippen LogP contribution in [0.15, 0.2) is 0 Å². The predicted molar refractivity (Wildman–Crippen MR) is 114 cm³/mol. The number of alkyl halides is 2. The highest BCUT2D eigenvalue weighted by Gasteiger charge is 2.15. The second kappa shape index (κ2) is 17.2. The molecule has 0 saturated carbocycles. The average Bonchev–Trinajstić information content (AvgIpc) is 2.55. The van der Waals surface area contributed by atoms with Crippen molar-refractivity contribution in [3.05, 3.63) is 0 Å². The maximum Gasteiger partial charge on any atom is 0.469 e. The standard InChI is InChI=1S/C18H37Br2O4P/c1-2-3-4-5-8-11-14-17(19)18(20)15-12-9-6-7-10-13-16-24-25(21,22)23/h17-18H,2-16H2,1H3,(H2,21,22,23). The van der Waals surface area contributed by atoms with E-state index >= 15 is 0 Å². The molecule has 25 heavy (non-hydrogen) atoms. The molecule has 0 bridgehead atoms. The number of phosphoric acid groups is 1. The number of hydrogen-bond acceptors (Lipinski definition) is 2. The molecule has 0 aliphatic heterocycles. The Morgan fingerprint density at radius 1 is 0.760 bits per heavy atom. The molecule has 0 spiro atoms. The Kier molecular flexibility index (Phi) is 17.9. The molecule has 4 nitrogen and oxygen atoms in total. The largest absolute Gasteiger partial charge is 0.469 e. The van der Waals surface area contributed by atoms with E-state index in [1.807, 2.05) is 0 Å². The first kappa shape index (κ1) is 26.1.